The summed E-state index contributed by atoms with van der Waals surface area (Å²) in [7, 11) is 4.08. The molecule has 0 amide bonds. The van der Waals surface area contributed by atoms with Crippen molar-refractivity contribution in [3.63, 3.8) is 0 Å². The molecule has 5 rings (SSSR count). The summed E-state index contributed by atoms with van der Waals surface area (Å²) in [6.45, 7) is 4.19. The highest BCUT2D eigenvalue weighted by atomic mass is 32.1. The van der Waals surface area contributed by atoms with Gasteiger partial charge < -0.3 is 4.90 Å². The van der Waals surface area contributed by atoms with Gasteiger partial charge in [0.1, 0.15) is 5.01 Å². The number of para-hydroxylation sites is 1. The molecule has 7 nitrogen and oxygen atoms in total. The monoisotopic (exact) mass is 443 g/mol. The van der Waals surface area contributed by atoms with Crippen LogP contribution in [0.1, 0.15) is 22.8 Å². The van der Waals surface area contributed by atoms with Crippen LogP contribution in [0.4, 0.5) is 5.69 Å². The van der Waals surface area contributed by atoms with Gasteiger partial charge in [-0.3, -0.25) is 0 Å². The number of hydrogen-bond donors (Lipinski definition) is 0. The van der Waals surface area contributed by atoms with Crippen molar-refractivity contribution in [1.82, 2.24) is 29.6 Å². The summed E-state index contributed by atoms with van der Waals surface area (Å²) in [5.74, 6) is 0.874. The van der Waals surface area contributed by atoms with Gasteiger partial charge in [-0.1, -0.05) is 29.5 Å². The molecule has 3 aromatic heterocycles. The number of anilines is 1. The van der Waals surface area contributed by atoms with Gasteiger partial charge in [0.25, 0.3) is 0 Å². The van der Waals surface area contributed by atoms with Crippen LogP contribution < -0.4 is 4.90 Å². The average Bonchev–Trinajstić information content (AvgIpc) is 3.47. The molecular formula is C24H25N7S. The molecule has 0 aliphatic heterocycles. The third-order valence-corrected chi connectivity index (χ3v) is 6.67. The van der Waals surface area contributed by atoms with Gasteiger partial charge in [-0.15, -0.1) is 10.2 Å². The third-order valence-electron chi connectivity index (χ3n) is 5.73. The Labute approximate surface area is 191 Å². The molecule has 0 N–H and O–H groups in total. The molecule has 0 saturated carbocycles. The van der Waals surface area contributed by atoms with E-state index in [1.54, 1.807) is 11.3 Å². The van der Waals surface area contributed by atoms with Crippen LogP contribution >= 0.6 is 11.3 Å². The van der Waals surface area contributed by atoms with E-state index in [0.717, 1.165) is 51.3 Å². The van der Waals surface area contributed by atoms with Crippen molar-refractivity contribution in [3.05, 3.63) is 77.4 Å². The smallest absolute Gasteiger partial charge is 0.234 e. The maximum absolute atomic E-state index is 4.80. The minimum absolute atomic E-state index is 0.756. The summed E-state index contributed by atoms with van der Waals surface area (Å²) < 4.78 is 3.90. The fraction of sp³-hybridized carbons (Fsp3) is 0.250. The summed E-state index contributed by atoms with van der Waals surface area (Å²) >= 11 is 1.56. The third kappa shape index (κ3) is 3.67. The SMILES string of the molecule is Cc1nn(-c2ccccc2)c(C)c1CCc1nnc2sc(-c3ccc(N(C)C)cc3)nn12. The molecule has 0 spiro atoms. The molecule has 0 atom stereocenters. The van der Waals surface area contributed by atoms with Gasteiger partial charge in [-0.2, -0.15) is 14.7 Å². The Morgan fingerprint density at radius 2 is 1.62 bits per heavy atom. The minimum Gasteiger partial charge on any atom is -0.378 e. The maximum atomic E-state index is 4.80. The van der Waals surface area contributed by atoms with Gasteiger partial charge in [-0.05, 0) is 62.2 Å². The molecule has 162 valence electrons. The van der Waals surface area contributed by atoms with Crippen molar-refractivity contribution in [2.24, 2.45) is 0 Å². The van der Waals surface area contributed by atoms with Crippen molar-refractivity contribution >= 4 is 22.0 Å². The Balaban J connectivity index is 1.38. The van der Waals surface area contributed by atoms with E-state index in [-0.39, 0.29) is 0 Å². The molecule has 3 heterocycles. The summed E-state index contributed by atoms with van der Waals surface area (Å²) in [6.07, 6.45) is 1.60. The average molecular weight is 444 g/mol. The second kappa shape index (κ2) is 8.20. The van der Waals surface area contributed by atoms with Crippen molar-refractivity contribution in [3.8, 4) is 16.3 Å². The number of aromatic nitrogens is 6. The van der Waals surface area contributed by atoms with Crippen LogP contribution in [-0.4, -0.2) is 43.7 Å². The Morgan fingerprint density at radius 3 is 2.34 bits per heavy atom. The van der Waals surface area contributed by atoms with E-state index < -0.39 is 0 Å². The van der Waals surface area contributed by atoms with Gasteiger partial charge in [0.2, 0.25) is 4.96 Å². The van der Waals surface area contributed by atoms with Crippen LogP contribution in [0.5, 0.6) is 0 Å². The number of hydrogen-bond acceptors (Lipinski definition) is 6. The van der Waals surface area contributed by atoms with Gasteiger partial charge in [-0.25, -0.2) is 4.68 Å². The highest BCUT2D eigenvalue weighted by molar-refractivity contribution is 7.19. The van der Waals surface area contributed by atoms with Crippen LogP contribution in [0.2, 0.25) is 0 Å². The molecule has 0 fully saturated rings. The van der Waals surface area contributed by atoms with E-state index >= 15 is 0 Å². The zero-order valence-electron chi connectivity index (χ0n) is 18.6. The summed E-state index contributed by atoms with van der Waals surface area (Å²) in [4.78, 5) is 2.91. The Bertz CT molecular complexity index is 1360. The summed E-state index contributed by atoms with van der Waals surface area (Å²) in [6, 6.07) is 18.7. The lowest BCUT2D eigenvalue weighted by Crippen LogP contribution is -2.07. The zero-order valence-corrected chi connectivity index (χ0v) is 19.5. The molecular weight excluding hydrogens is 418 g/mol. The summed E-state index contributed by atoms with van der Waals surface area (Å²) in [5.41, 5.74) is 6.79. The standard InChI is InChI=1S/C24H25N7S/c1-16-21(17(2)30(27-16)20-8-6-5-7-9-20)14-15-22-25-26-24-31(22)28-23(32-24)18-10-12-19(13-11-18)29(3)4/h5-13H,14-15H2,1-4H3. The first kappa shape index (κ1) is 20.4. The number of nitrogens with zero attached hydrogens (tertiary/aromatic N) is 7. The first-order valence-electron chi connectivity index (χ1n) is 10.6. The predicted molar refractivity (Wildman–Crippen MR) is 129 cm³/mol. The highest BCUT2D eigenvalue weighted by Crippen LogP contribution is 2.27. The zero-order chi connectivity index (χ0) is 22.2. The first-order chi connectivity index (χ1) is 15.5. The van der Waals surface area contributed by atoms with Crippen molar-refractivity contribution < 1.29 is 0 Å². The fourth-order valence-corrected chi connectivity index (χ4v) is 4.79. The van der Waals surface area contributed by atoms with E-state index in [0.29, 0.717) is 0 Å². The predicted octanol–water partition coefficient (Wildman–Crippen LogP) is 4.51. The van der Waals surface area contributed by atoms with Crippen molar-refractivity contribution in [1.29, 1.82) is 0 Å². The Morgan fingerprint density at radius 1 is 0.875 bits per heavy atom. The van der Waals surface area contributed by atoms with Crippen LogP contribution in [0.3, 0.4) is 0 Å². The minimum atomic E-state index is 0.756. The lowest BCUT2D eigenvalue weighted by molar-refractivity contribution is 0.787. The second-order valence-electron chi connectivity index (χ2n) is 8.06. The van der Waals surface area contributed by atoms with Gasteiger partial charge in [0.05, 0.1) is 11.4 Å². The topological polar surface area (TPSA) is 64.1 Å². The van der Waals surface area contributed by atoms with Crippen LogP contribution in [0, 0.1) is 13.8 Å². The first-order valence-corrected chi connectivity index (χ1v) is 11.4. The number of benzene rings is 2. The van der Waals surface area contributed by atoms with Crippen molar-refractivity contribution in [2.75, 3.05) is 19.0 Å². The molecule has 2 aromatic carbocycles. The highest BCUT2D eigenvalue weighted by Gasteiger charge is 2.17. The van der Waals surface area contributed by atoms with Gasteiger partial charge in [0, 0.05) is 37.5 Å². The van der Waals surface area contributed by atoms with Gasteiger partial charge in [0.15, 0.2) is 5.82 Å². The lowest BCUT2D eigenvalue weighted by Gasteiger charge is -2.11. The molecule has 0 bridgehead atoms. The van der Waals surface area contributed by atoms with Crippen LogP contribution in [0.15, 0.2) is 54.6 Å². The van der Waals surface area contributed by atoms with E-state index in [4.69, 9.17) is 10.2 Å². The molecule has 5 aromatic rings. The fourth-order valence-electron chi connectivity index (χ4n) is 3.93. The molecule has 0 saturated heterocycles. The number of aryl methyl sites for hydroxylation is 2. The van der Waals surface area contributed by atoms with Crippen LogP contribution in [0.25, 0.3) is 21.2 Å². The van der Waals surface area contributed by atoms with Crippen LogP contribution in [-0.2, 0) is 12.8 Å². The van der Waals surface area contributed by atoms with Gasteiger partial charge >= 0.3 is 0 Å². The molecule has 0 aliphatic carbocycles. The summed E-state index contributed by atoms with van der Waals surface area (Å²) in [5, 5.41) is 19.3. The second-order valence-corrected chi connectivity index (χ2v) is 9.01. The van der Waals surface area contributed by atoms with Crippen molar-refractivity contribution in [2.45, 2.75) is 26.7 Å². The molecule has 32 heavy (non-hydrogen) atoms. The van der Waals surface area contributed by atoms with E-state index in [1.807, 2.05) is 41.5 Å². The quantitative estimate of drug-likeness (QED) is 0.386. The number of rotatable bonds is 6. The maximum Gasteiger partial charge on any atom is 0.234 e. The van der Waals surface area contributed by atoms with E-state index in [1.165, 1.54) is 11.3 Å². The molecule has 8 heteroatoms. The van der Waals surface area contributed by atoms with E-state index in [2.05, 4.69) is 65.3 Å². The largest absolute Gasteiger partial charge is 0.378 e. The Kier molecular flexibility index (Phi) is 5.22. The Hall–Kier alpha value is -3.52. The molecule has 0 radical (unpaired) electrons. The lowest BCUT2D eigenvalue weighted by atomic mass is 10.1. The van der Waals surface area contributed by atoms with E-state index in [9.17, 15) is 0 Å². The normalized spacial score (nSPS) is 11.4. The molecule has 0 unspecified atom stereocenters. The number of fused-ring (bicyclic) bond motifs is 1. The molecule has 0 aliphatic rings.